The number of allylic oxidation sites excluding steroid dienone is 1. The number of para-hydroxylation sites is 1. The number of halogens is 1. The van der Waals surface area contributed by atoms with Gasteiger partial charge in [0.25, 0.3) is 5.56 Å². The first-order chi connectivity index (χ1) is 21.6. The number of thiazole rings is 1. The van der Waals surface area contributed by atoms with Gasteiger partial charge in [-0.15, -0.1) is 0 Å². The van der Waals surface area contributed by atoms with E-state index in [-0.39, 0.29) is 23.8 Å². The summed E-state index contributed by atoms with van der Waals surface area (Å²) < 4.78 is 25.1. The van der Waals surface area contributed by atoms with E-state index in [0.717, 1.165) is 11.1 Å². The number of hydrogen-bond acceptors (Lipinski definition) is 8. The van der Waals surface area contributed by atoms with Crippen LogP contribution in [0.25, 0.3) is 6.08 Å². The number of benzene rings is 3. The highest BCUT2D eigenvalue weighted by Gasteiger charge is 2.35. The number of methoxy groups -OCH3 is 1. The van der Waals surface area contributed by atoms with E-state index in [2.05, 4.69) is 4.99 Å². The summed E-state index contributed by atoms with van der Waals surface area (Å²) in [5, 5.41) is 0.346. The molecule has 0 N–H and O–H groups in total. The van der Waals surface area contributed by atoms with Gasteiger partial charge in [0.2, 0.25) is 0 Å². The monoisotopic (exact) mass is 646 g/mol. The van der Waals surface area contributed by atoms with Crippen molar-refractivity contribution >= 4 is 35.0 Å². The minimum atomic E-state index is -0.798. The van der Waals surface area contributed by atoms with E-state index < -0.39 is 12.0 Å². The maximum absolute atomic E-state index is 14.1. The molecule has 2 heterocycles. The van der Waals surface area contributed by atoms with Crippen LogP contribution in [0.2, 0.25) is 5.02 Å². The van der Waals surface area contributed by atoms with Gasteiger partial charge in [0.05, 0.1) is 40.6 Å². The van der Waals surface area contributed by atoms with Gasteiger partial charge in [0, 0.05) is 5.56 Å². The molecule has 1 atom stereocenters. The van der Waals surface area contributed by atoms with Gasteiger partial charge >= 0.3 is 5.97 Å². The summed E-state index contributed by atoms with van der Waals surface area (Å²) in [5.74, 6) is 0.887. The Morgan fingerprint density at radius 2 is 1.82 bits per heavy atom. The van der Waals surface area contributed by atoms with Crippen LogP contribution in [0, 0.1) is 6.92 Å². The van der Waals surface area contributed by atoms with E-state index in [0.29, 0.717) is 55.0 Å². The number of hydrogen-bond donors (Lipinski definition) is 0. The minimum Gasteiger partial charge on any atom is -0.493 e. The summed E-state index contributed by atoms with van der Waals surface area (Å²) in [6.07, 6.45) is 1.61. The van der Waals surface area contributed by atoms with Gasteiger partial charge < -0.3 is 18.9 Å². The molecule has 0 aliphatic carbocycles. The number of carbonyl (C=O) groups excluding carboxylic acids is 1. The number of rotatable bonds is 10. The average molecular weight is 647 g/mol. The Morgan fingerprint density at radius 1 is 1.09 bits per heavy atom. The molecule has 1 aliphatic rings. The molecule has 1 aliphatic heterocycles. The Balaban J connectivity index is 1.60. The van der Waals surface area contributed by atoms with Crippen molar-refractivity contribution in [1.29, 1.82) is 0 Å². The molecule has 0 spiro atoms. The Kier molecular flexibility index (Phi) is 9.80. The molecule has 45 heavy (non-hydrogen) atoms. The van der Waals surface area contributed by atoms with Gasteiger partial charge in [-0.05, 0) is 70.0 Å². The third-order valence-corrected chi connectivity index (χ3v) is 8.41. The minimum absolute atomic E-state index is 0.123. The van der Waals surface area contributed by atoms with Crippen LogP contribution in [-0.4, -0.2) is 30.4 Å². The molecule has 0 saturated carbocycles. The fourth-order valence-electron chi connectivity index (χ4n) is 5.11. The Labute approximate surface area is 270 Å². The van der Waals surface area contributed by atoms with E-state index in [1.807, 2.05) is 69.3 Å². The van der Waals surface area contributed by atoms with Gasteiger partial charge in [0.15, 0.2) is 16.3 Å². The standard InChI is InChI=1S/C35H35ClN2O6S/c1-7-42-34(40)30-22(5)37-35-38(31(30)25-10-8-9-11-27(25)44-20(2)3)33(39)29(45-35)18-24-16-26(36)32(28(17-24)41-6)43-19-23-14-12-21(4)13-15-23/h8-18,20,31H,7,19H2,1-6H3/b29-18+/t31-/m0/s1. The van der Waals surface area contributed by atoms with Crippen LogP contribution in [0.4, 0.5) is 0 Å². The van der Waals surface area contributed by atoms with Gasteiger partial charge in [0.1, 0.15) is 18.4 Å². The lowest BCUT2D eigenvalue weighted by atomic mass is 9.95. The lowest BCUT2D eigenvalue weighted by Gasteiger charge is -2.26. The van der Waals surface area contributed by atoms with Crippen molar-refractivity contribution < 1.29 is 23.7 Å². The highest BCUT2D eigenvalue weighted by molar-refractivity contribution is 7.07. The molecular formula is C35H35ClN2O6S. The summed E-state index contributed by atoms with van der Waals surface area (Å²) in [4.78, 5) is 32.6. The highest BCUT2D eigenvalue weighted by Crippen LogP contribution is 2.38. The first kappa shape index (κ1) is 32.1. The zero-order valence-electron chi connectivity index (χ0n) is 26.0. The molecule has 5 rings (SSSR count). The molecule has 3 aromatic carbocycles. The normalized spacial score (nSPS) is 14.7. The van der Waals surface area contributed by atoms with Crippen molar-refractivity contribution in [2.24, 2.45) is 4.99 Å². The Bertz CT molecular complexity index is 1940. The molecule has 0 bridgehead atoms. The van der Waals surface area contributed by atoms with Gasteiger partial charge in [-0.1, -0.05) is 71.0 Å². The van der Waals surface area contributed by atoms with Crippen molar-refractivity contribution in [3.8, 4) is 17.2 Å². The van der Waals surface area contributed by atoms with Gasteiger partial charge in [-0.2, -0.15) is 0 Å². The molecule has 0 amide bonds. The number of carbonyl (C=O) groups is 1. The van der Waals surface area contributed by atoms with Crippen LogP contribution in [0.15, 0.2) is 81.7 Å². The summed E-state index contributed by atoms with van der Waals surface area (Å²) in [5.41, 5.74) is 3.92. The zero-order valence-corrected chi connectivity index (χ0v) is 27.6. The second-order valence-corrected chi connectivity index (χ2v) is 12.2. The molecule has 0 radical (unpaired) electrons. The van der Waals surface area contributed by atoms with Crippen molar-refractivity contribution in [1.82, 2.24) is 4.57 Å². The third-order valence-electron chi connectivity index (χ3n) is 7.15. The first-order valence-electron chi connectivity index (χ1n) is 14.6. The number of nitrogens with zero attached hydrogens (tertiary/aromatic N) is 2. The lowest BCUT2D eigenvalue weighted by Crippen LogP contribution is -2.40. The van der Waals surface area contributed by atoms with Gasteiger partial charge in [-0.25, -0.2) is 9.79 Å². The quantitative estimate of drug-likeness (QED) is 0.193. The number of aromatic nitrogens is 1. The van der Waals surface area contributed by atoms with E-state index in [1.165, 1.54) is 15.9 Å². The van der Waals surface area contributed by atoms with Crippen molar-refractivity contribution in [3.05, 3.63) is 119 Å². The maximum atomic E-state index is 14.1. The fourth-order valence-corrected chi connectivity index (χ4v) is 6.43. The summed E-state index contributed by atoms with van der Waals surface area (Å²) in [6, 6.07) is 18.1. The van der Waals surface area contributed by atoms with E-state index in [9.17, 15) is 9.59 Å². The molecule has 0 saturated heterocycles. The summed E-state index contributed by atoms with van der Waals surface area (Å²) >= 11 is 7.91. The van der Waals surface area contributed by atoms with Crippen LogP contribution >= 0.6 is 22.9 Å². The Morgan fingerprint density at radius 3 is 2.51 bits per heavy atom. The van der Waals surface area contributed by atoms with Crippen LogP contribution < -0.4 is 29.1 Å². The SMILES string of the molecule is CCOC(=O)C1=C(C)N=c2s/c(=C/c3cc(Cl)c(OCc4ccc(C)cc4)c(OC)c3)c(=O)n2[C@H]1c1ccccc1OC(C)C. The fraction of sp³-hybridized carbons (Fsp3) is 0.286. The van der Waals surface area contributed by atoms with E-state index in [4.69, 9.17) is 30.5 Å². The van der Waals surface area contributed by atoms with Gasteiger partial charge in [-0.3, -0.25) is 9.36 Å². The van der Waals surface area contributed by atoms with Crippen molar-refractivity contribution in [2.45, 2.75) is 53.4 Å². The lowest BCUT2D eigenvalue weighted by molar-refractivity contribution is -0.139. The molecule has 4 aromatic rings. The van der Waals surface area contributed by atoms with E-state index in [1.54, 1.807) is 39.2 Å². The molecule has 0 fully saturated rings. The second kappa shape index (κ2) is 13.7. The van der Waals surface area contributed by atoms with E-state index >= 15 is 0 Å². The summed E-state index contributed by atoms with van der Waals surface area (Å²) in [7, 11) is 1.54. The maximum Gasteiger partial charge on any atom is 0.338 e. The second-order valence-electron chi connectivity index (χ2n) is 10.8. The molecule has 234 valence electrons. The number of fused-ring (bicyclic) bond motifs is 1. The predicted octanol–water partition coefficient (Wildman–Crippen LogP) is 6.13. The smallest absolute Gasteiger partial charge is 0.338 e. The van der Waals surface area contributed by atoms with Crippen molar-refractivity contribution in [3.63, 3.8) is 0 Å². The van der Waals surface area contributed by atoms with Crippen LogP contribution in [0.3, 0.4) is 0 Å². The van der Waals surface area contributed by atoms with Crippen LogP contribution in [0.5, 0.6) is 17.2 Å². The number of aryl methyl sites for hydroxylation is 1. The van der Waals surface area contributed by atoms with Crippen LogP contribution in [0.1, 0.15) is 56.0 Å². The molecule has 1 aromatic heterocycles. The molecule has 8 nitrogen and oxygen atoms in total. The third kappa shape index (κ3) is 6.84. The molecule has 0 unspecified atom stereocenters. The number of esters is 1. The average Bonchev–Trinajstić information content (AvgIpc) is 3.30. The predicted molar refractivity (Wildman–Crippen MR) is 176 cm³/mol. The highest BCUT2D eigenvalue weighted by atomic mass is 35.5. The summed E-state index contributed by atoms with van der Waals surface area (Å²) in [6.45, 7) is 9.87. The van der Waals surface area contributed by atoms with Crippen molar-refractivity contribution in [2.75, 3.05) is 13.7 Å². The first-order valence-corrected chi connectivity index (χ1v) is 15.8. The number of ether oxygens (including phenoxy) is 4. The largest absolute Gasteiger partial charge is 0.493 e. The Hall–Kier alpha value is -4.34. The molecular weight excluding hydrogens is 612 g/mol. The zero-order chi connectivity index (χ0) is 32.2. The topological polar surface area (TPSA) is 88.4 Å². The van der Waals surface area contributed by atoms with Crippen LogP contribution in [-0.2, 0) is 16.1 Å². The molecule has 10 heteroatoms.